The summed E-state index contributed by atoms with van der Waals surface area (Å²) in [6.07, 6.45) is 6.10. The van der Waals surface area contributed by atoms with Crippen molar-refractivity contribution in [3.05, 3.63) is 0 Å². The second kappa shape index (κ2) is 7.33. The van der Waals surface area contributed by atoms with Gasteiger partial charge in [0, 0.05) is 17.8 Å². The molecule has 0 aromatic rings. The van der Waals surface area contributed by atoms with E-state index in [-0.39, 0.29) is 41.5 Å². The van der Waals surface area contributed by atoms with E-state index in [1.54, 1.807) is 0 Å². The second-order valence-electron chi connectivity index (χ2n) is 11.2. The van der Waals surface area contributed by atoms with Gasteiger partial charge in [-0.1, -0.05) is 20.8 Å². The molecule has 0 radical (unpaired) electrons. The number of Topliss-reactive ketones (excluding diaryl/α,β-unsaturated/α-hetero) is 1. The third-order valence-electron chi connectivity index (χ3n) is 10.1. The minimum Gasteiger partial charge on any atom is -0.481 e. The van der Waals surface area contributed by atoms with Crippen molar-refractivity contribution in [2.75, 3.05) is 0 Å². The van der Waals surface area contributed by atoms with Crippen LogP contribution in [0.1, 0.15) is 78.6 Å². The molecule has 0 aromatic heterocycles. The number of carbonyl (C=O) groups is 2. The number of hydrogen-bond donors (Lipinski definition) is 3. The molecular formula is C24H38O5. The Morgan fingerprint density at radius 1 is 1.14 bits per heavy atom. The van der Waals surface area contributed by atoms with Crippen molar-refractivity contribution >= 4 is 11.8 Å². The monoisotopic (exact) mass is 406 g/mol. The van der Waals surface area contributed by atoms with Crippen LogP contribution in [0.4, 0.5) is 0 Å². The number of aliphatic hydroxyl groups excluding tert-OH is 2. The first-order valence-corrected chi connectivity index (χ1v) is 11.7. The normalized spacial score (nSPS) is 50.4. The van der Waals surface area contributed by atoms with Crippen molar-refractivity contribution in [1.29, 1.82) is 0 Å². The van der Waals surface area contributed by atoms with Crippen LogP contribution in [0.2, 0.25) is 0 Å². The van der Waals surface area contributed by atoms with Gasteiger partial charge >= 0.3 is 5.97 Å². The zero-order valence-corrected chi connectivity index (χ0v) is 18.1. The van der Waals surface area contributed by atoms with Crippen molar-refractivity contribution in [2.24, 2.45) is 46.3 Å². The van der Waals surface area contributed by atoms with E-state index in [4.69, 9.17) is 5.11 Å². The van der Waals surface area contributed by atoms with E-state index in [0.29, 0.717) is 24.2 Å². The Morgan fingerprint density at radius 2 is 1.86 bits per heavy atom. The highest BCUT2D eigenvalue weighted by atomic mass is 16.4. The first kappa shape index (κ1) is 21.3. The van der Waals surface area contributed by atoms with Gasteiger partial charge in [-0.3, -0.25) is 9.59 Å². The highest BCUT2D eigenvalue weighted by Crippen LogP contribution is 2.67. The fraction of sp³-hybridized carbons (Fsp3) is 0.917. The second-order valence-corrected chi connectivity index (χ2v) is 11.2. The van der Waals surface area contributed by atoms with E-state index in [1.807, 2.05) is 0 Å². The summed E-state index contributed by atoms with van der Waals surface area (Å²) in [5.74, 6) is 0.598. The lowest BCUT2D eigenvalue weighted by molar-refractivity contribution is -0.186. The lowest BCUT2D eigenvalue weighted by Gasteiger charge is -2.61. The van der Waals surface area contributed by atoms with Gasteiger partial charge in [0.25, 0.3) is 0 Å². The molecule has 0 aliphatic heterocycles. The van der Waals surface area contributed by atoms with E-state index in [1.165, 1.54) is 0 Å². The predicted octanol–water partition coefficient (Wildman–Crippen LogP) is 3.66. The molecule has 164 valence electrons. The highest BCUT2D eigenvalue weighted by Gasteiger charge is 2.67. The number of ketones is 1. The molecule has 0 saturated heterocycles. The summed E-state index contributed by atoms with van der Waals surface area (Å²) in [4.78, 5) is 24.7. The van der Waals surface area contributed by atoms with Crippen LogP contribution in [0.15, 0.2) is 0 Å². The highest BCUT2D eigenvalue weighted by molar-refractivity contribution is 5.88. The van der Waals surface area contributed by atoms with Gasteiger partial charge in [-0.25, -0.2) is 0 Å². The SMILES string of the molecule is C[C@H](CCC(=O)O)[C@H]1CC[C@H]2[C@@H]3CC[C@@H]4C[C@H](O)CC[C@]4(C)[C@H]3C(=O)[C@@H](O)[C@]12C. The number of fused-ring (bicyclic) bond motifs is 5. The molecule has 4 aliphatic carbocycles. The van der Waals surface area contributed by atoms with E-state index < -0.39 is 17.5 Å². The summed E-state index contributed by atoms with van der Waals surface area (Å²) in [6, 6.07) is 0. The first-order valence-electron chi connectivity index (χ1n) is 11.7. The third kappa shape index (κ3) is 3.10. The van der Waals surface area contributed by atoms with Crippen molar-refractivity contribution < 1.29 is 24.9 Å². The lowest BCUT2D eigenvalue weighted by atomic mass is 9.43. The molecule has 0 heterocycles. The van der Waals surface area contributed by atoms with Crippen LogP contribution >= 0.6 is 0 Å². The third-order valence-corrected chi connectivity index (χ3v) is 10.1. The zero-order valence-electron chi connectivity index (χ0n) is 18.1. The maximum absolute atomic E-state index is 13.7. The lowest BCUT2D eigenvalue weighted by Crippen LogP contribution is -2.63. The van der Waals surface area contributed by atoms with E-state index in [2.05, 4.69) is 20.8 Å². The number of rotatable bonds is 4. The van der Waals surface area contributed by atoms with E-state index in [0.717, 1.165) is 44.9 Å². The molecule has 29 heavy (non-hydrogen) atoms. The summed E-state index contributed by atoms with van der Waals surface area (Å²) < 4.78 is 0. The van der Waals surface area contributed by atoms with Crippen molar-refractivity contribution in [1.82, 2.24) is 0 Å². The fourth-order valence-corrected chi connectivity index (χ4v) is 8.54. The van der Waals surface area contributed by atoms with E-state index >= 15 is 0 Å². The molecule has 5 heteroatoms. The summed E-state index contributed by atoms with van der Waals surface area (Å²) in [5.41, 5.74) is -0.540. The van der Waals surface area contributed by atoms with Crippen LogP contribution in [0.25, 0.3) is 0 Å². The van der Waals surface area contributed by atoms with Crippen molar-refractivity contribution in [3.8, 4) is 0 Å². The topological polar surface area (TPSA) is 94.8 Å². The maximum atomic E-state index is 13.7. The smallest absolute Gasteiger partial charge is 0.303 e. The van der Waals surface area contributed by atoms with Gasteiger partial charge in [0.1, 0.15) is 6.10 Å². The van der Waals surface area contributed by atoms with Gasteiger partial charge in [0.15, 0.2) is 5.78 Å². The van der Waals surface area contributed by atoms with Crippen LogP contribution in [-0.2, 0) is 9.59 Å². The molecule has 0 amide bonds. The molecule has 10 atom stereocenters. The minimum atomic E-state index is -0.948. The van der Waals surface area contributed by atoms with Crippen LogP contribution in [0, 0.1) is 46.3 Å². The van der Waals surface area contributed by atoms with Crippen LogP contribution < -0.4 is 0 Å². The number of aliphatic hydroxyl groups is 2. The number of carboxylic acids is 1. The van der Waals surface area contributed by atoms with Crippen LogP contribution in [0.5, 0.6) is 0 Å². The molecule has 0 unspecified atom stereocenters. The van der Waals surface area contributed by atoms with Crippen LogP contribution in [-0.4, -0.2) is 39.3 Å². The standard InChI is InChI=1S/C24H38O5/c1-13(4-9-19(26)27)17-7-8-18-16-6-5-14-12-15(25)10-11-23(14,2)20(16)21(28)22(29)24(17,18)3/h13-18,20,22,25,29H,4-12H2,1-3H3,(H,26,27)/t13-,14-,15-,16+,17-,18+,20-,22-,23+,24-/m1/s1. The molecule has 3 N–H and O–H groups in total. The Kier molecular flexibility index (Phi) is 5.39. The molecule has 0 spiro atoms. The van der Waals surface area contributed by atoms with Gasteiger partial charge in [-0.2, -0.15) is 0 Å². The van der Waals surface area contributed by atoms with Gasteiger partial charge < -0.3 is 15.3 Å². The minimum absolute atomic E-state index is 0.0367. The first-order chi connectivity index (χ1) is 13.6. The number of carbonyl (C=O) groups excluding carboxylic acids is 1. The van der Waals surface area contributed by atoms with Crippen LogP contribution in [0.3, 0.4) is 0 Å². The quantitative estimate of drug-likeness (QED) is 0.662. The fourth-order valence-electron chi connectivity index (χ4n) is 8.54. The van der Waals surface area contributed by atoms with Gasteiger partial charge in [0.05, 0.1) is 6.10 Å². The number of hydrogen-bond acceptors (Lipinski definition) is 4. The molecular weight excluding hydrogens is 368 g/mol. The van der Waals surface area contributed by atoms with Gasteiger partial charge in [-0.05, 0) is 86.4 Å². The predicted molar refractivity (Wildman–Crippen MR) is 109 cm³/mol. The Balaban J connectivity index is 1.63. The van der Waals surface area contributed by atoms with Crippen molar-refractivity contribution in [3.63, 3.8) is 0 Å². The maximum Gasteiger partial charge on any atom is 0.303 e. The Bertz CT molecular complexity index is 676. The van der Waals surface area contributed by atoms with Crippen molar-refractivity contribution in [2.45, 2.75) is 90.8 Å². The molecule has 4 aliphatic rings. The largest absolute Gasteiger partial charge is 0.481 e. The molecule has 0 aromatic carbocycles. The number of carboxylic acid groups (broad SMARTS) is 1. The molecule has 0 bridgehead atoms. The molecule has 4 saturated carbocycles. The molecule has 4 rings (SSSR count). The Hall–Kier alpha value is -0.940. The number of aliphatic carboxylic acids is 1. The summed E-state index contributed by atoms with van der Waals surface area (Å²) in [6.45, 7) is 6.46. The summed E-state index contributed by atoms with van der Waals surface area (Å²) in [5, 5.41) is 30.6. The van der Waals surface area contributed by atoms with Gasteiger partial charge in [0.2, 0.25) is 0 Å². The summed E-state index contributed by atoms with van der Waals surface area (Å²) in [7, 11) is 0. The summed E-state index contributed by atoms with van der Waals surface area (Å²) >= 11 is 0. The van der Waals surface area contributed by atoms with Gasteiger partial charge in [-0.15, -0.1) is 0 Å². The Morgan fingerprint density at radius 3 is 2.55 bits per heavy atom. The zero-order chi connectivity index (χ0) is 21.1. The van der Waals surface area contributed by atoms with E-state index in [9.17, 15) is 19.8 Å². The Labute approximate surface area is 174 Å². The molecule has 4 fully saturated rings. The average molecular weight is 407 g/mol. The average Bonchev–Trinajstić information content (AvgIpc) is 3.02. The molecule has 5 nitrogen and oxygen atoms in total.